The predicted octanol–water partition coefficient (Wildman–Crippen LogP) is 0.325. The molecular formula is C8H11BrClN3O4S2. The maximum Gasteiger partial charge on any atom is 0.243 e. The summed E-state index contributed by atoms with van der Waals surface area (Å²) in [6.45, 7) is -0.269. The topological polar surface area (TPSA) is 105 Å². The van der Waals surface area contributed by atoms with Gasteiger partial charge in [-0.3, -0.25) is 0 Å². The Bertz CT molecular complexity index is 663. The number of rotatable bonds is 6. The smallest absolute Gasteiger partial charge is 0.242 e. The molecule has 19 heavy (non-hydrogen) atoms. The average Bonchev–Trinajstić information content (AvgIpc) is 2.31. The van der Waals surface area contributed by atoms with Crippen molar-refractivity contribution in [3.05, 3.63) is 21.9 Å². The second kappa shape index (κ2) is 6.46. The summed E-state index contributed by atoms with van der Waals surface area (Å²) in [5.74, 6) is -0.373. The third-order valence-electron chi connectivity index (χ3n) is 2.04. The van der Waals surface area contributed by atoms with E-state index in [2.05, 4.69) is 30.4 Å². The Morgan fingerprint density at radius 2 is 2.00 bits per heavy atom. The quantitative estimate of drug-likeness (QED) is 0.679. The lowest BCUT2D eigenvalue weighted by Gasteiger charge is -2.08. The molecule has 0 aromatic carbocycles. The summed E-state index contributed by atoms with van der Waals surface area (Å²) < 4.78 is 50.8. The van der Waals surface area contributed by atoms with Crippen LogP contribution >= 0.6 is 27.5 Å². The lowest BCUT2D eigenvalue weighted by atomic mass is 10.5. The third-order valence-corrected chi connectivity index (χ3v) is 5.72. The Kier molecular flexibility index (Phi) is 5.71. The molecule has 0 aliphatic carbocycles. The Balaban J connectivity index is 2.85. The highest BCUT2D eigenvalue weighted by atomic mass is 79.9. The first-order chi connectivity index (χ1) is 8.68. The standard InChI is InChI=1S/C8H11BrClN3O4S2/c1-11-18(14,15)3-2-13-19(16,17)7-4-6(9)5-12-8(7)10/h4-5,11,13H,2-3H2,1H3. The molecule has 2 N–H and O–H groups in total. The van der Waals surface area contributed by atoms with E-state index in [1.54, 1.807) is 0 Å². The summed E-state index contributed by atoms with van der Waals surface area (Å²) >= 11 is 8.78. The van der Waals surface area contributed by atoms with Crippen LogP contribution in [0.1, 0.15) is 0 Å². The van der Waals surface area contributed by atoms with Gasteiger partial charge < -0.3 is 0 Å². The molecule has 1 rings (SSSR count). The molecule has 1 heterocycles. The summed E-state index contributed by atoms with van der Waals surface area (Å²) in [5, 5.41) is -0.188. The summed E-state index contributed by atoms with van der Waals surface area (Å²) in [5.41, 5.74) is 0. The van der Waals surface area contributed by atoms with Crippen molar-refractivity contribution in [3.63, 3.8) is 0 Å². The lowest BCUT2D eigenvalue weighted by Crippen LogP contribution is -2.33. The Hall–Kier alpha value is -0.260. The van der Waals surface area contributed by atoms with Crippen molar-refractivity contribution in [1.82, 2.24) is 14.4 Å². The molecule has 0 aliphatic heterocycles. The van der Waals surface area contributed by atoms with Crippen molar-refractivity contribution < 1.29 is 16.8 Å². The van der Waals surface area contributed by atoms with Crippen molar-refractivity contribution in [1.29, 1.82) is 0 Å². The maximum atomic E-state index is 11.9. The molecule has 0 unspecified atom stereocenters. The van der Waals surface area contributed by atoms with Gasteiger partial charge in [-0.2, -0.15) is 0 Å². The van der Waals surface area contributed by atoms with E-state index in [0.717, 1.165) is 0 Å². The zero-order chi connectivity index (χ0) is 14.7. The fourth-order valence-corrected chi connectivity index (χ4v) is 3.76. The molecule has 11 heteroatoms. The SMILES string of the molecule is CNS(=O)(=O)CCNS(=O)(=O)c1cc(Br)cnc1Cl. The minimum absolute atomic E-state index is 0.188. The van der Waals surface area contributed by atoms with E-state index < -0.39 is 20.0 Å². The minimum atomic E-state index is -3.91. The molecule has 0 spiro atoms. The average molecular weight is 393 g/mol. The normalized spacial score (nSPS) is 12.6. The fourth-order valence-electron chi connectivity index (χ4n) is 1.08. The maximum absolute atomic E-state index is 11.9. The van der Waals surface area contributed by atoms with E-state index in [9.17, 15) is 16.8 Å². The summed E-state index contributed by atoms with van der Waals surface area (Å²) in [6, 6.07) is 1.28. The molecule has 0 aliphatic rings. The van der Waals surface area contributed by atoms with Gasteiger partial charge in [-0.25, -0.2) is 31.3 Å². The first-order valence-corrected chi connectivity index (χ1v) is 9.20. The Morgan fingerprint density at radius 3 is 2.58 bits per heavy atom. The van der Waals surface area contributed by atoms with Crippen LogP contribution in [-0.2, 0) is 20.0 Å². The third kappa shape index (κ3) is 4.97. The Labute approximate surface area is 125 Å². The van der Waals surface area contributed by atoms with Crippen LogP contribution in [0.4, 0.5) is 0 Å². The number of hydrogen-bond acceptors (Lipinski definition) is 5. The monoisotopic (exact) mass is 391 g/mol. The molecule has 108 valence electrons. The van der Waals surface area contributed by atoms with E-state index in [4.69, 9.17) is 11.6 Å². The highest BCUT2D eigenvalue weighted by Crippen LogP contribution is 2.22. The highest BCUT2D eigenvalue weighted by Gasteiger charge is 2.20. The molecule has 0 saturated heterocycles. The molecule has 7 nitrogen and oxygen atoms in total. The number of aromatic nitrogens is 1. The van der Waals surface area contributed by atoms with Gasteiger partial charge >= 0.3 is 0 Å². The highest BCUT2D eigenvalue weighted by molar-refractivity contribution is 9.10. The lowest BCUT2D eigenvalue weighted by molar-refractivity contribution is 0.578. The van der Waals surface area contributed by atoms with Gasteiger partial charge in [0.2, 0.25) is 20.0 Å². The van der Waals surface area contributed by atoms with Crippen LogP contribution < -0.4 is 9.44 Å². The van der Waals surface area contributed by atoms with Gasteiger partial charge in [0.15, 0.2) is 0 Å². The first kappa shape index (κ1) is 16.8. The zero-order valence-electron chi connectivity index (χ0n) is 9.72. The molecule has 0 amide bonds. The molecule has 1 aromatic rings. The molecule has 0 fully saturated rings. The zero-order valence-corrected chi connectivity index (χ0v) is 13.7. The number of halogens is 2. The molecule has 0 atom stereocenters. The van der Waals surface area contributed by atoms with E-state index in [1.165, 1.54) is 19.3 Å². The van der Waals surface area contributed by atoms with Crippen LogP contribution in [0.15, 0.2) is 21.6 Å². The first-order valence-electron chi connectivity index (χ1n) is 4.90. The van der Waals surface area contributed by atoms with E-state index in [0.29, 0.717) is 4.47 Å². The van der Waals surface area contributed by atoms with Crippen LogP contribution in [0.5, 0.6) is 0 Å². The van der Waals surface area contributed by atoms with Crippen molar-refractivity contribution in [2.24, 2.45) is 0 Å². The molecule has 0 saturated carbocycles. The van der Waals surface area contributed by atoms with Gasteiger partial charge in [0, 0.05) is 17.2 Å². The summed E-state index contributed by atoms with van der Waals surface area (Å²) in [4.78, 5) is 3.47. The van der Waals surface area contributed by atoms with E-state index in [-0.39, 0.29) is 22.3 Å². The van der Waals surface area contributed by atoms with Gasteiger partial charge in [0.05, 0.1) is 5.75 Å². The van der Waals surface area contributed by atoms with E-state index in [1.807, 2.05) is 0 Å². The fraction of sp³-hybridized carbons (Fsp3) is 0.375. The molecule has 0 bridgehead atoms. The van der Waals surface area contributed by atoms with E-state index >= 15 is 0 Å². The van der Waals surface area contributed by atoms with Crippen LogP contribution in [0.25, 0.3) is 0 Å². The van der Waals surface area contributed by atoms with Crippen LogP contribution in [0, 0.1) is 0 Å². The Morgan fingerprint density at radius 1 is 1.37 bits per heavy atom. The van der Waals surface area contributed by atoms with Gasteiger partial charge in [0.25, 0.3) is 0 Å². The van der Waals surface area contributed by atoms with Crippen molar-refractivity contribution >= 4 is 47.6 Å². The largest absolute Gasteiger partial charge is 0.243 e. The summed E-state index contributed by atoms with van der Waals surface area (Å²) in [6.07, 6.45) is 1.35. The minimum Gasteiger partial charge on any atom is -0.242 e. The van der Waals surface area contributed by atoms with Crippen molar-refractivity contribution in [2.75, 3.05) is 19.3 Å². The molecular weight excluding hydrogens is 382 g/mol. The number of nitrogens with zero attached hydrogens (tertiary/aromatic N) is 1. The van der Waals surface area contributed by atoms with Gasteiger partial charge in [0.1, 0.15) is 10.0 Å². The number of pyridine rings is 1. The molecule has 0 radical (unpaired) electrons. The summed E-state index contributed by atoms with van der Waals surface area (Å²) in [7, 11) is -6.14. The van der Waals surface area contributed by atoms with Crippen LogP contribution in [0.2, 0.25) is 5.15 Å². The van der Waals surface area contributed by atoms with Crippen LogP contribution in [0.3, 0.4) is 0 Å². The van der Waals surface area contributed by atoms with Crippen molar-refractivity contribution in [2.45, 2.75) is 4.90 Å². The number of nitrogens with one attached hydrogen (secondary N) is 2. The van der Waals surface area contributed by atoms with Crippen LogP contribution in [-0.4, -0.2) is 41.2 Å². The predicted molar refractivity (Wildman–Crippen MR) is 75.0 cm³/mol. The number of sulfonamides is 2. The molecule has 1 aromatic heterocycles. The number of hydrogen-bond donors (Lipinski definition) is 2. The van der Waals surface area contributed by atoms with Crippen molar-refractivity contribution in [3.8, 4) is 0 Å². The van der Waals surface area contributed by atoms with Gasteiger partial charge in [-0.1, -0.05) is 11.6 Å². The van der Waals surface area contributed by atoms with Gasteiger partial charge in [-0.05, 0) is 29.0 Å². The van der Waals surface area contributed by atoms with Gasteiger partial charge in [-0.15, -0.1) is 0 Å². The second-order valence-electron chi connectivity index (χ2n) is 3.36. The second-order valence-corrected chi connectivity index (χ2v) is 8.42.